The highest BCUT2D eigenvalue weighted by Crippen LogP contribution is 2.24. The van der Waals surface area contributed by atoms with E-state index < -0.39 is 0 Å². The number of halogens is 2. The molecule has 2 N–H and O–H groups in total. The molecule has 1 unspecified atom stereocenters. The highest BCUT2D eigenvalue weighted by atomic mass is 35.5. The van der Waals surface area contributed by atoms with Gasteiger partial charge in [0.1, 0.15) is 0 Å². The first kappa shape index (κ1) is 21.7. The van der Waals surface area contributed by atoms with Crippen LogP contribution in [0.2, 0.25) is 5.02 Å². The van der Waals surface area contributed by atoms with Gasteiger partial charge in [0.25, 0.3) is 0 Å². The third-order valence-electron chi connectivity index (χ3n) is 3.92. The molecule has 0 saturated carbocycles. The summed E-state index contributed by atoms with van der Waals surface area (Å²) in [5, 5.41) is 6.71. The lowest BCUT2D eigenvalue weighted by atomic mass is 9.92. The van der Waals surface area contributed by atoms with Crippen molar-refractivity contribution in [2.24, 2.45) is 5.41 Å². The average Bonchev–Trinajstić information content (AvgIpc) is 2.51. The summed E-state index contributed by atoms with van der Waals surface area (Å²) in [5.74, 6) is -0.158. The topological polar surface area (TPSA) is 61.4 Å². The van der Waals surface area contributed by atoms with E-state index in [1.54, 1.807) is 0 Å². The molecular weight excluding hydrogens is 361 g/mol. The first-order valence-corrected chi connectivity index (χ1v) is 8.66. The number of amides is 2. The number of nitrogens with one attached hydrogen (secondary N) is 2. The molecule has 1 atom stereocenters. The number of piperazine rings is 1. The van der Waals surface area contributed by atoms with Gasteiger partial charge in [0.2, 0.25) is 11.8 Å². The van der Waals surface area contributed by atoms with Gasteiger partial charge in [-0.25, -0.2) is 0 Å². The Morgan fingerprint density at radius 1 is 1.36 bits per heavy atom. The van der Waals surface area contributed by atoms with Crippen molar-refractivity contribution in [3.05, 3.63) is 34.9 Å². The molecule has 1 aromatic rings. The fraction of sp³-hybridized carbons (Fsp3) is 0.556. The van der Waals surface area contributed by atoms with Crippen molar-refractivity contribution < 1.29 is 9.59 Å². The fourth-order valence-electron chi connectivity index (χ4n) is 2.83. The molecular formula is C18H27Cl2N3O2. The lowest BCUT2D eigenvalue weighted by molar-refractivity contribution is -0.136. The molecule has 0 aromatic heterocycles. The zero-order valence-electron chi connectivity index (χ0n) is 15.0. The number of rotatable bonds is 4. The van der Waals surface area contributed by atoms with Gasteiger partial charge in [-0.3, -0.25) is 9.59 Å². The molecule has 0 radical (unpaired) electrons. The van der Waals surface area contributed by atoms with Gasteiger partial charge in [0.05, 0.1) is 12.6 Å². The van der Waals surface area contributed by atoms with Crippen molar-refractivity contribution in [2.75, 3.05) is 26.2 Å². The van der Waals surface area contributed by atoms with E-state index in [1.165, 1.54) is 0 Å². The summed E-state index contributed by atoms with van der Waals surface area (Å²) >= 11 is 6.07. The lowest BCUT2D eigenvalue weighted by Gasteiger charge is -2.36. The fourth-order valence-corrected chi connectivity index (χ4v) is 3.03. The van der Waals surface area contributed by atoms with Gasteiger partial charge in [-0.1, -0.05) is 44.5 Å². The summed E-state index contributed by atoms with van der Waals surface area (Å²) < 4.78 is 0. The van der Waals surface area contributed by atoms with E-state index in [4.69, 9.17) is 11.6 Å². The zero-order valence-corrected chi connectivity index (χ0v) is 16.5. The normalized spacial score (nSPS) is 17.6. The highest BCUT2D eigenvalue weighted by Gasteiger charge is 2.28. The first-order valence-electron chi connectivity index (χ1n) is 8.28. The van der Waals surface area contributed by atoms with E-state index in [1.807, 2.05) is 49.9 Å². The van der Waals surface area contributed by atoms with E-state index in [-0.39, 0.29) is 42.2 Å². The third-order valence-corrected chi connectivity index (χ3v) is 4.16. The predicted molar refractivity (Wildman–Crippen MR) is 103 cm³/mol. The Morgan fingerprint density at radius 3 is 2.72 bits per heavy atom. The Balaban J connectivity index is 0.00000312. The Labute approximate surface area is 160 Å². The molecule has 1 aliphatic rings. The SMILES string of the molecule is CC(C)(C)CC(=O)NCC(=O)N1CCNCC1c1cccc(Cl)c1.Cl. The summed E-state index contributed by atoms with van der Waals surface area (Å²) in [4.78, 5) is 26.3. The van der Waals surface area contributed by atoms with Crippen LogP contribution in [-0.2, 0) is 9.59 Å². The molecule has 0 bridgehead atoms. The number of carbonyl (C=O) groups is 2. The Bertz CT molecular complexity index is 602. The second-order valence-corrected chi connectivity index (χ2v) is 7.81. The van der Waals surface area contributed by atoms with Crippen molar-refractivity contribution in [1.29, 1.82) is 0 Å². The van der Waals surface area contributed by atoms with E-state index in [9.17, 15) is 9.59 Å². The Morgan fingerprint density at radius 2 is 2.08 bits per heavy atom. The highest BCUT2D eigenvalue weighted by molar-refractivity contribution is 6.30. The average molecular weight is 388 g/mol. The maximum absolute atomic E-state index is 12.6. The molecule has 1 heterocycles. The largest absolute Gasteiger partial charge is 0.347 e. The van der Waals surface area contributed by atoms with E-state index in [2.05, 4.69) is 10.6 Å². The van der Waals surface area contributed by atoms with Gasteiger partial charge >= 0.3 is 0 Å². The standard InChI is InChI=1S/C18H26ClN3O2.ClH/c1-18(2,3)10-16(23)21-12-17(24)22-8-7-20-11-15(22)13-5-4-6-14(19)9-13;/h4-6,9,15,20H,7-8,10-12H2,1-3H3,(H,21,23);1H. The smallest absolute Gasteiger partial charge is 0.242 e. The van der Waals surface area contributed by atoms with Gasteiger partial charge in [-0.05, 0) is 23.1 Å². The lowest BCUT2D eigenvalue weighted by Crippen LogP contribution is -2.51. The minimum atomic E-state index is -0.0923. The first-order chi connectivity index (χ1) is 11.3. The second kappa shape index (κ2) is 9.41. The monoisotopic (exact) mass is 387 g/mol. The minimum absolute atomic E-state index is 0. The van der Waals surface area contributed by atoms with Crippen molar-refractivity contribution in [2.45, 2.75) is 33.2 Å². The van der Waals surface area contributed by atoms with Gasteiger partial charge in [-0.15, -0.1) is 12.4 Å². The second-order valence-electron chi connectivity index (χ2n) is 7.38. The Hall–Kier alpha value is -1.30. The van der Waals surface area contributed by atoms with Crippen molar-refractivity contribution in [1.82, 2.24) is 15.5 Å². The van der Waals surface area contributed by atoms with Crippen molar-refractivity contribution >= 4 is 35.8 Å². The van der Waals surface area contributed by atoms with Crippen molar-refractivity contribution in [3.63, 3.8) is 0 Å². The summed E-state index contributed by atoms with van der Waals surface area (Å²) in [6.45, 7) is 8.08. The quantitative estimate of drug-likeness (QED) is 0.834. The summed E-state index contributed by atoms with van der Waals surface area (Å²) in [5.41, 5.74) is 0.912. The van der Waals surface area contributed by atoms with Gasteiger partial charge in [-0.2, -0.15) is 0 Å². The van der Waals surface area contributed by atoms with Crippen LogP contribution in [0.3, 0.4) is 0 Å². The van der Waals surface area contributed by atoms with E-state index >= 15 is 0 Å². The third kappa shape index (κ3) is 6.84. The van der Waals surface area contributed by atoms with Crippen LogP contribution in [0.15, 0.2) is 24.3 Å². The van der Waals surface area contributed by atoms with Crippen LogP contribution in [0.4, 0.5) is 0 Å². The maximum Gasteiger partial charge on any atom is 0.242 e. The molecule has 1 aliphatic heterocycles. The van der Waals surface area contributed by atoms with Crippen LogP contribution in [0.25, 0.3) is 0 Å². The van der Waals surface area contributed by atoms with Crippen molar-refractivity contribution in [3.8, 4) is 0 Å². The minimum Gasteiger partial charge on any atom is -0.347 e. The van der Waals surface area contributed by atoms with Crippen LogP contribution in [-0.4, -0.2) is 42.9 Å². The molecule has 1 fully saturated rings. The number of hydrogen-bond acceptors (Lipinski definition) is 3. The Kier molecular flexibility index (Phi) is 8.19. The summed E-state index contributed by atoms with van der Waals surface area (Å²) in [6.07, 6.45) is 0.402. The maximum atomic E-state index is 12.6. The molecule has 0 spiro atoms. The molecule has 25 heavy (non-hydrogen) atoms. The molecule has 2 amide bonds. The number of carbonyl (C=O) groups excluding carboxylic acids is 2. The molecule has 1 aromatic carbocycles. The van der Waals surface area contributed by atoms with Gasteiger partial charge < -0.3 is 15.5 Å². The number of hydrogen-bond donors (Lipinski definition) is 2. The van der Waals surface area contributed by atoms with Gasteiger partial charge in [0.15, 0.2) is 0 Å². The molecule has 1 saturated heterocycles. The van der Waals surface area contributed by atoms with Crippen LogP contribution in [0, 0.1) is 5.41 Å². The molecule has 7 heteroatoms. The van der Waals surface area contributed by atoms with Crippen LogP contribution >= 0.6 is 24.0 Å². The number of benzene rings is 1. The zero-order chi connectivity index (χ0) is 17.7. The van der Waals surface area contributed by atoms with Crippen LogP contribution in [0.1, 0.15) is 38.8 Å². The van der Waals surface area contributed by atoms with E-state index in [0.717, 1.165) is 12.1 Å². The molecule has 0 aliphatic carbocycles. The van der Waals surface area contributed by atoms with Crippen LogP contribution < -0.4 is 10.6 Å². The summed E-state index contributed by atoms with van der Waals surface area (Å²) in [6, 6.07) is 7.50. The number of nitrogens with zero attached hydrogens (tertiary/aromatic N) is 1. The summed E-state index contributed by atoms with van der Waals surface area (Å²) in [7, 11) is 0. The molecule has 5 nitrogen and oxygen atoms in total. The van der Waals surface area contributed by atoms with E-state index in [0.29, 0.717) is 24.5 Å². The predicted octanol–water partition coefficient (Wildman–Crippen LogP) is 2.79. The molecule has 140 valence electrons. The molecule has 2 rings (SSSR count). The van der Waals surface area contributed by atoms with Gasteiger partial charge in [0, 0.05) is 31.1 Å². The van der Waals surface area contributed by atoms with Crippen LogP contribution in [0.5, 0.6) is 0 Å².